The number of thioether (sulfide) groups is 1. The van der Waals surface area contributed by atoms with Crippen molar-refractivity contribution >= 4 is 23.4 Å². The van der Waals surface area contributed by atoms with E-state index in [1.165, 1.54) is 16.4 Å². The molecule has 0 unspecified atom stereocenters. The molecule has 30 heavy (non-hydrogen) atoms. The van der Waals surface area contributed by atoms with E-state index in [2.05, 4.69) is 21.4 Å². The molecule has 2 N–H and O–H groups in total. The van der Waals surface area contributed by atoms with Crippen LogP contribution in [0, 0.1) is 39.0 Å². The maximum atomic E-state index is 12.9. The Labute approximate surface area is 179 Å². The number of rotatable bonds is 7. The van der Waals surface area contributed by atoms with Gasteiger partial charge < -0.3 is 10.7 Å². The second-order valence-electron chi connectivity index (χ2n) is 7.00. The topological polar surface area (TPSA) is 119 Å². The summed E-state index contributed by atoms with van der Waals surface area (Å²) in [5.41, 5.74) is 4.74. The van der Waals surface area contributed by atoms with Gasteiger partial charge in [-0.15, -0.1) is 10.2 Å². The van der Waals surface area contributed by atoms with Crippen LogP contribution in [0.2, 0.25) is 0 Å². The van der Waals surface area contributed by atoms with Gasteiger partial charge in [-0.25, -0.2) is 9.36 Å². The monoisotopic (exact) mass is 424 g/mol. The van der Waals surface area contributed by atoms with Crippen molar-refractivity contribution in [3.8, 4) is 12.0 Å². The fraction of sp³-hybridized carbons (Fsp3) is 0.350. The van der Waals surface area contributed by atoms with E-state index in [1.807, 2.05) is 52.0 Å². The van der Waals surface area contributed by atoms with Crippen molar-refractivity contribution in [2.75, 3.05) is 23.0 Å². The lowest BCUT2D eigenvalue weighted by Crippen LogP contribution is -2.33. The smallest absolute Gasteiger partial charge is 0.271 e. The Balaban J connectivity index is 1.76. The summed E-state index contributed by atoms with van der Waals surface area (Å²) in [5.74, 6) is 6.51. The Morgan fingerprint density at radius 3 is 2.60 bits per heavy atom. The Hall–Kier alpha value is -3.32. The first kappa shape index (κ1) is 21.4. The van der Waals surface area contributed by atoms with Crippen molar-refractivity contribution < 1.29 is 4.79 Å². The van der Waals surface area contributed by atoms with Gasteiger partial charge in [0.05, 0.1) is 23.9 Å². The molecule has 0 aliphatic heterocycles. The van der Waals surface area contributed by atoms with E-state index < -0.39 is 0 Å². The second kappa shape index (κ2) is 9.00. The maximum Gasteiger partial charge on any atom is 0.271 e. The molecule has 0 saturated carbocycles. The zero-order valence-corrected chi connectivity index (χ0v) is 18.3. The number of benzene rings is 1. The van der Waals surface area contributed by atoms with E-state index in [0.717, 1.165) is 28.2 Å². The van der Waals surface area contributed by atoms with Gasteiger partial charge in [0.2, 0.25) is 11.1 Å². The van der Waals surface area contributed by atoms with Crippen molar-refractivity contribution in [1.82, 2.24) is 24.7 Å². The second-order valence-corrected chi connectivity index (χ2v) is 7.94. The minimum absolute atomic E-state index is 0.116. The molecule has 9 nitrogen and oxygen atoms in total. The summed E-state index contributed by atoms with van der Waals surface area (Å²) in [7, 11) is 0. The standard InChI is InChI=1S/C20H24N8OS/c1-13-6-7-17(10-14(13)2)26(9-5-8-21)18(29)12-30-20-24-23-19(27(20)22)28-16(4)11-15(3)25-28/h6-7,10-11H,5,9,12,22H2,1-4H3. The molecule has 3 aromatic rings. The van der Waals surface area contributed by atoms with Gasteiger partial charge >= 0.3 is 0 Å². The van der Waals surface area contributed by atoms with Gasteiger partial charge in [-0.3, -0.25) is 4.79 Å². The van der Waals surface area contributed by atoms with Gasteiger partial charge in [-0.05, 0) is 57.0 Å². The van der Waals surface area contributed by atoms with Crippen LogP contribution >= 0.6 is 11.8 Å². The van der Waals surface area contributed by atoms with Crippen molar-refractivity contribution in [1.29, 1.82) is 5.26 Å². The highest BCUT2D eigenvalue weighted by molar-refractivity contribution is 7.99. The van der Waals surface area contributed by atoms with Crippen molar-refractivity contribution in [2.45, 2.75) is 39.3 Å². The van der Waals surface area contributed by atoms with Crippen LogP contribution in [0.3, 0.4) is 0 Å². The van der Waals surface area contributed by atoms with E-state index in [9.17, 15) is 4.79 Å². The average Bonchev–Trinajstić information content (AvgIpc) is 3.23. The summed E-state index contributed by atoms with van der Waals surface area (Å²) in [5, 5.41) is 22.0. The molecule has 1 amide bonds. The number of nitrogens with zero attached hydrogens (tertiary/aromatic N) is 7. The van der Waals surface area contributed by atoms with Crippen molar-refractivity contribution in [2.24, 2.45) is 0 Å². The number of nitrogens with two attached hydrogens (primary N) is 1. The molecule has 0 aliphatic rings. The zero-order valence-electron chi connectivity index (χ0n) is 17.5. The summed E-state index contributed by atoms with van der Waals surface area (Å²) < 4.78 is 2.94. The summed E-state index contributed by atoms with van der Waals surface area (Å²) in [4.78, 5) is 14.6. The number of nitriles is 1. The highest BCUT2D eigenvalue weighted by Gasteiger charge is 2.20. The van der Waals surface area contributed by atoms with Crippen molar-refractivity contribution in [3.63, 3.8) is 0 Å². The summed E-state index contributed by atoms with van der Waals surface area (Å²) >= 11 is 1.20. The van der Waals surface area contributed by atoms with Crippen LogP contribution in [0.15, 0.2) is 29.4 Å². The van der Waals surface area contributed by atoms with Crippen LogP contribution in [-0.4, -0.2) is 42.9 Å². The summed E-state index contributed by atoms with van der Waals surface area (Å²) in [6, 6.07) is 9.85. The number of hydrogen-bond donors (Lipinski definition) is 1. The lowest BCUT2D eigenvalue weighted by Gasteiger charge is -2.22. The number of anilines is 1. The predicted octanol–water partition coefficient (Wildman–Crippen LogP) is 2.45. The van der Waals surface area contributed by atoms with Crippen LogP contribution < -0.4 is 10.7 Å². The van der Waals surface area contributed by atoms with Gasteiger partial charge in [0.25, 0.3) is 5.95 Å². The number of amides is 1. The molecular weight excluding hydrogens is 400 g/mol. The molecule has 3 rings (SSSR count). The Bertz CT molecular complexity index is 1110. The minimum Gasteiger partial charge on any atom is -0.334 e. The third-order valence-corrected chi connectivity index (χ3v) is 5.65. The Kier molecular flexibility index (Phi) is 6.42. The molecule has 10 heteroatoms. The van der Waals surface area contributed by atoms with Gasteiger partial charge in [0, 0.05) is 17.9 Å². The van der Waals surface area contributed by atoms with E-state index in [0.29, 0.717) is 17.6 Å². The lowest BCUT2D eigenvalue weighted by atomic mass is 10.1. The summed E-state index contributed by atoms with van der Waals surface area (Å²) in [6.45, 7) is 8.13. The fourth-order valence-electron chi connectivity index (χ4n) is 3.00. The lowest BCUT2D eigenvalue weighted by molar-refractivity contribution is -0.116. The van der Waals surface area contributed by atoms with E-state index in [1.54, 1.807) is 9.58 Å². The SMILES string of the molecule is Cc1cc(C)n(-c2nnc(SCC(=O)N(CCC#N)c3ccc(C)c(C)c3)n2N)n1. The highest BCUT2D eigenvalue weighted by atomic mass is 32.2. The third-order valence-electron chi connectivity index (χ3n) is 4.72. The van der Waals surface area contributed by atoms with Gasteiger partial charge in [0.1, 0.15) is 0 Å². The zero-order chi connectivity index (χ0) is 21.8. The van der Waals surface area contributed by atoms with E-state index >= 15 is 0 Å². The van der Waals surface area contributed by atoms with Crippen LogP contribution in [0.4, 0.5) is 5.69 Å². The first-order chi connectivity index (χ1) is 14.3. The Morgan fingerprint density at radius 2 is 1.97 bits per heavy atom. The number of aryl methyl sites for hydroxylation is 4. The quantitative estimate of drug-likeness (QED) is 0.457. The van der Waals surface area contributed by atoms with Crippen LogP contribution in [0.5, 0.6) is 0 Å². The predicted molar refractivity (Wildman–Crippen MR) is 116 cm³/mol. The summed E-state index contributed by atoms with van der Waals surface area (Å²) in [6.07, 6.45) is 0.248. The first-order valence-corrected chi connectivity index (χ1v) is 10.4. The molecule has 0 aliphatic carbocycles. The minimum atomic E-state index is -0.130. The molecule has 2 heterocycles. The number of carbonyl (C=O) groups excluding carboxylic acids is 1. The number of hydrogen-bond acceptors (Lipinski definition) is 7. The van der Waals surface area contributed by atoms with Gasteiger partial charge in [-0.2, -0.15) is 10.4 Å². The molecule has 156 valence electrons. The fourth-order valence-corrected chi connectivity index (χ4v) is 3.73. The van der Waals surface area contributed by atoms with Crippen molar-refractivity contribution in [3.05, 3.63) is 46.8 Å². The average molecular weight is 425 g/mol. The number of carbonyl (C=O) groups is 1. The van der Waals surface area contributed by atoms with Crippen LogP contribution in [0.1, 0.15) is 28.9 Å². The molecule has 0 radical (unpaired) electrons. The largest absolute Gasteiger partial charge is 0.334 e. The van der Waals surface area contributed by atoms with Crippen LogP contribution in [0.25, 0.3) is 5.95 Å². The number of nitrogen functional groups attached to an aromatic ring is 1. The molecule has 0 fully saturated rings. The van der Waals surface area contributed by atoms with Gasteiger partial charge in [-0.1, -0.05) is 17.8 Å². The maximum absolute atomic E-state index is 12.9. The molecule has 2 aromatic heterocycles. The molecular formula is C20H24N8OS. The Morgan fingerprint density at radius 1 is 1.20 bits per heavy atom. The molecule has 0 saturated heterocycles. The molecule has 1 aromatic carbocycles. The normalized spacial score (nSPS) is 10.8. The third kappa shape index (κ3) is 4.46. The number of aromatic nitrogens is 5. The molecule has 0 spiro atoms. The first-order valence-electron chi connectivity index (χ1n) is 9.43. The van der Waals surface area contributed by atoms with E-state index in [-0.39, 0.29) is 18.1 Å². The van der Waals surface area contributed by atoms with Gasteiger partial charge in [0.15, 0.2) is 0 Å². The molecule has 0 bridgehead atoms. The highest BCUT2D eigenvalue weighted by Crippen LogP contribution is 2.22. The van der Waals surface area contributed by atoms with Crippen LogP contribution in [-0.2, 0) is 4.79 Å². The molecule has 0 atom stereocenters. The van der Waals surface area contributed by atoms with E-state index in [4.69, 9.17) is 11.1 Å².